The van der Waals surface area contributed by atoms with Gasteiger partial charge < -0.3 is 20.4 Å². The van der Waals surface area contributed by atoms with Crippen LogP contribution >= 0.6 is 0 Å². The predicted octanol–water partition coefficient (Wildman–Crippen LogP) is 6.51. The van der Waals surface area contributed by atoms with Crippen LogP contribution in [0.4, 0.5) is 0 Å². The summed E-state index contributed by atoms with van der Waals surface area (Å²) in [5.41, 5.74) is 8.52. The number of esters is 1. The topological polar surface area (TPSA) is 116 Å². The fraction of sp³-hybridized carbons (Fsp3) is 0.618. The highest BCUT2D eigenvalue weighted by Gasteiger charge is 2.35. The highest BCUT2D eigenvalue weighted by Crippen LogP contribution is 2.34. The smallest absolute Gasteiger partial charge is 0.307 e. The maximum Gasteiger partial charge on any atom is 0.307 e. The molecule has 43 heavy (non-hydrogen) atoms. The van der Waals surface area contributed by atoms with Gasteiger partial charge in [0.05, 0.1) is 25.6 Å². The predicted molar refractivity (Wildman–Crippen MR) is 173 cm³/mol. The zero-order valence-electron chi connectivity index (χ0n) is 27.0. The van der Waals surface area contributed by atoms with Crippen LogP contribution in [0.3, 0.4) is 0 Å². The van der Waals surface area contributed by atoms with Crippen molar-refractivity contribution < 1.29 is 9.53 Å². The van der Waals surface area contributed by atoms with Gasteiger partial charge in [-0.15, -0.1) is 0 Å². The Morgan fingerprint density at radius 3 is 2.16 bits per heavy atom. The molecule has 1 unspecified atom stereocenters. The molecule has 238 valence electrons. The second-order valence-corrected chi connectivity index (χ2v) is 11.8. The Morgan fingerprint density at radius 1 is 0.907 bits per heavy atom. The van der Waals surface area contributed by atoms with Crippen molar-refractivity contribution in [2.45, 2.75) is 117 Å². The van der Waals surface area contributed by atoms with Crippen LogP contribution in [-0.4, -0.2) is 60.9 Å². The van der Waals surface area contributed by atoms with E-state index in [1.54, 1.807) is 12.4 Å². The lowest BCUT2D eigenvalue weighted by molar-refractivity contribution is -0.144. The number of hydrogen-bond acceptors (Lipinski definition) is 7. The molecule has 0 radical (unpaired) electrons. The van der Waals surface area contributed by atoms with E-state index >= 15 is 0 Å². The van der Waals surface area contributed by atoms with Gasteiger partial charge in [-0.3, -0.25) is 14.6 Å². The van der Waals surface area contributed by atoms with E-state index in [2.05, 4.69) is 81.7 Å². The van der Waals surface area contributed by atoms with Crippen molar-refractivity contribution in [1.82, 2.24) is 29.7 Å². The molecule has 1 atom stereocenters. The van der Waals surface area contributed by atoms with E-state index in [0.29, 0.717) is 32.7 Å². The van der Waals surface area contributed by atoms with Crippen LogP contribution in [0.2, 0.25) is 0 Å². The second-order valence-electron chi connectivity index (χ2n) is 11.8. The van der Waals surface area contributed by atoms with Crippen molar-refractivity contribution in [3.8, 4) is 0 Å². The summed E-state index contributed by atoms with van der Waals surface area (Å²) in [6, 6.07) is 9.06. The van der Waals surface area contributed by atoms with Crippen LogP contribution < -0.4 is 5.73 Å². The minimum Gasteiger partial charge on any atom is -0.466 e. The Labute approximate surface area is 259 Å². The first-order valence-electron chi connectivity index (χ1n) is 16.3. The average Bonchev–Trinajstić information content (AvgIpc) is 3.74. The number of nitrogens with one attached hydrogen (secondary N) is 2. The largest absolute Gasteiger partial charge is 0.466 e. The minimum atomic E-state index is -0.100. The number of unbranched alkanes of at least 4 members (excludes halogenated alkanes) is 1. The lowest BCUT2D eigenvalue weighted by Crippen LogP contribution is -2.49. The fourth-order valence-corrected chi connectivity index (χ4v) is 6.11. The number of nitrogens with zero attached hydrogens (tertiary/aromatic N) is 4. The first-order chi connectivity index (χ1) is 20.9. The van der Waals surface area contributed by atoms with E-state index < -0.39 is 0 Å². The van der Waals surface area contributed by atoms with Gasteiger partial charge in [-0.1, -0.05) is 64.3 Å². The van der Waals surface area contributed by atoms with E-state index in [-0.39, 0.29) is 17.6 Å². The SMILES string of the molecule is CCCCOC(=O)CCN(Cc1ccc(CN(Cc2ncc[nH]2)C(C)c2ncc[nH]2)cc1)C(CCC)(CCC)CCCN. The molecule has 0 spiro atoms. The van der Waals surface area contributed by atoms with Crippen molar-refractivity contribution in [1.29, 1.82) is 0 Å². The summed E-state index contributed by atoms with van der Waals surface area (Å²) in [5.74, 6) is 1.77. The number of aromatic nitrogens is 4. The molecule has 3 aromatic rings. The van der Waals surface area contributed by atoms with Crippen molar-refractivity contribution in [3.05, 3.63) is 71.8 Å². The molecule has 0 bridgehead atoms. The van der Waals surface area contributed by atoms with Gasteiger partial charge >= 0.3 is 5.97 Å². The maximum absolute atomic E-state index is 12.6. The standard InChI is InChI=1S/C34H55N7O2/c1-5-8-24-43-32(42)14-23-41(34(15-6-2,16-7-3)17-9-18-35)26-30-12-10-29(11-13-30)25-40(27-31-36-19-20-37-31)28(4)33-38-21-22-39-33/h10-13,19-22,28H,5-9,14-18,23-27,35H2,1-4H3,(H,36,37)(H,38,39). The maximum atomic E-state index is 12.6. The molecule has 0 aliphatic carbocycles. The van der Waals surface area contributed by atoms with Crippen molar-refractivity contribution >= 4 is 5.97 Å². The van der Waals surface area contributed by atoms with Crippen LogP contribution in [0.15, 0.2) is 49.1 Å². The summed E-state index contributed by atoms with van der Waals surface area (Å²) >= 11 is 0. The number of carbonyl (C=O) groups is 1. The molecule has 0 amide bonds. The van der Waals surface area contributed by atoms with Crippen LogP contribution in [0.5, 0.6) is 0 Å². The van der Waals surface area contributed by atoms with E-state index in [9.17, 15) is 4.79 Å². The molecular formula is C34H55N7O2. The summed E-state index contributed by atoms with van der Waals surface area (Å²) < 4.78 is 5.53. The van der Waals surface area contributed by atoms with E-state index in [1.165, 1.54) is 11.1 Å². The third-order valence-corrected chi connectivity index (χ3v) is 8.45. The molecule has 0 saturated carbocycles. The lowest BCUT2D eigenvalue weighted by Gasteiger charge is -2.45. The van der Waals surface area contributed by atoms with Gasteiger partial charge in [0.2, 0.25) is 0 Å². The summed E-state index contributed by atoms with van der Waals surface area (Å²) in [4.78, 5) is 33.0. The number of ether oxygens (including phenoxy) is 1. The first-order valence-corrected chi connectivity index (χ1v) is 16.3. The highest BCUT2D eigenvalue weighted by molar-refractivity contribution is 5.69. The van der Waals surface area contributed by atoms with Gasteiger partial charge in [-0.25, -0.2) is 9.97 Å². The molecule has 9 nitrogen and oxygen atoms in total. The minimum absolute atomic E-state index is 0.0174. The Hall–Kier alpha value is -3.01. The third-order valence-electron chi connectivity index (χ3n) is 8.45. The molecule has 2 aromatic heterocycles. The second kappa shape index (κ2) is 18.6. The van der Waals surface area contributed by atoms with Crippen LogP contribution in [0.1, 0.15) is 114 Å². The molecule has 0 aliphatic heterocycles. The van der Waals surface area contributed by atoms with Crippen molar-refractivity contribution in [2.24, 2.45) is 5.73 Å². The molecule has 0 saturated heterocycles. The first kappa shape index (κ1) is 34.5. The number of carbonyl (C=O) groups excluding carboxylic acids is 1. The number of H-pyrrole nitrogens is 2. The number of rotatable bonds is 22. The van der Waals surface area contributed by atoms with Gasteiger partial charge in [0.25, 0.3) is 0 Å². The fourth-order valence-electron chi connectivity index (χ4n) is 6.11. The van der Waals surface area contributed by atoms with Gasteiger partial charge in [0.15, 0.2) is 0 Å². The normalized spacial score (nSPS) is 12.7. The van der Waals surface area contributed by atoms with Crippen molar-refractivity contribution in [3.63, 3.8) is 0 Å². The molecule has 2 heterocycles. The van der Waals surface area contributed by atoms with E-state index in [0.717, 1.165) is 76.1 Å². The molecule has 3 rings (SSSR count). The molecular weight excluding hydrogens is 538 g/mol. The summed E-state index contributed by atoms with van der Waals surface area (Å²) in [6.45, 7) is 12.9. The monoisotopic (exact) mass is 593 g/mol. The zero-order valence-corrected chi connectivity index (χ0v) is 27.0. The quantitative estimate of drug-likeness (QED) is 0.0898. The lowest BCUT2D eigenvalue weighted by atomic mass is 9.81. The number of hydrogen-bond donors (Lipinski definition) is 3. The van der Waals surface area contributed by atoms with Gasteiger partial charge in [-0.05, 0) is 56.7 Å². The molecule has 4 N–H and O–H groups in total. The Kier molecular flexibility index (Phi) is 14.9. The number of benzene rings is 1. The third kappa shape index (κ3) is 10.9. The summed E-state index contributed by atoms with van der Waals surface area (Å²) in [7, 11) is 0. The number of imidazole rings is 2. The van der Waals surface area contributed by atoms with Gasteiger partial charge in [-0.2, -0.15) is 0 Å². The summed E-state index contributed by atoms with van der Waals surface area (Å²) in [5, 5.41) is 0. The molecule has 0 aliphatic rings. The summed E-state index contributed by atoms with van der Waals surface area (Å²) in [6.07, 6.45) is 16.1. The number of aromatic amines is 2. The molecule has 0 fully saturated rings. The van der Waals surface area contributed by atoms with Gasteiger partial charge in [0, 0.05) is 50.0 Å². The molecule has 9 heteroatoms. The Morgan fingerprint density at radius 2 is 1.58 bits per heavy atom. The highest BCUT2D eigenvalue weighted by atomic mass is 16.5. The average molecular weight is 594 g/mol. The van der Waals surface area contributed by atoms with Gasteiger partial charge in [0.1, 0.15) is 11.6 Å². The molecule has 1 aromatic carbocycles. The number of nitrogens with two attached hydrogens (primary N) is 1. The van der Waals surface area contributed by atoms with Crippen LogP contribution in [0.25, 0.3) is 0 Å². The van der Waals surface area contributed by atoms with E-state index in [4.69, 9.17) is 10.5 Å². The Balaban J connectivity index is 1.79. The zero-order chi connectivity index (χ0) is 30.9. The van der Waals surface area contributed by atoms with Crippen LogP contribution in [0, 0.1) is 0 Å². The Bertz CT molecular complexity index is 1130. The van der Waals surface area contributed by atoms with Crippen LogP contribution in [-0.2, 0) is 29.2 Å². The van der Waals surface area contributed by atoms with Crippen molar-refractivity contribution in [2.75, 3.05) is 19.7 Å². The van der Waals surface area contributed by atoms with E-state index in [1.807, 2.05) is 12.4 Å².